The van der Waals surface area contributed by atoms with Gasteiger partial charge in [0, 0.05) is 20.0 Å². The third-order valence-electron chi connectivity index (χ3n) is 6.17. The van der Waals surface area contributed by atoms with Gasteiger partial charge in [-0.1, -0.05) is 66.7 Å². The van der Waals surface area contributed by atoms with Crippen molar-refractivity contribution in [1.82, 2.24) is 10.2 Å². The number of rotatable bonds is 10. The van der Waals surface area contributed by atoms with Crippen LogP contribution in [0.2, 0.25) is 0 Å². The van der Waals surface area contributed by atoms with E-state index in [1.54, 1.807) is 12.1 Å². The molecule has 8 heteroatoms. The van der Waals surface area contributed by atoms with Crippen molar-refractivity contribution in [3.8, 4) is 0 Å². The van der Waals surface area contributed by atoms with Crippen LogP contribution in [0.3, 0.4) is 0 Å². The number of hydrogen-bond acceptors (Lipinski definition) is 4. The molecule has 0 fully saturated rings. The van der Waals surface area contributed by atoms with Gasteiger partial charge in [0.15, 0.2) is 0 Å². The summed E-state index contributed by atoms with van der Waals surface area (Å²) in [5.74, 6) is -0.785. The first-order valence-corrected chi connectivity index (χ1v) is 13.6. The van der Waals surface area contributed by atoms with Gasteiger partial charge in [0.1, 0.15) is 12.6 Å². The molecule has 190 valence electrons. The average molecular weight is 508 g/mol. The van der Waals surface area contributed by atoms with Crippen LogP contribution in [-0.2, 0) is 32.6 Å². The second-order valence-corrected chi connectivity index (χ2v) is 10.8. The number of sulfonamides is 1. The van der Waals surface area contributed by atoms with Crippen LogP contribution in [0.4, 0.5) is 5.69 Å². The molecule has 0 aliphatic rings. The molecule has 36 heavy (non-hydrogen) atoms. The van der Waals surface area contributed by atoms with Crippen LogP contribution in [0.5, 0.6) is 0 Å². The van der Waals surface area contributed by atoms with E-state index in [0.29, 0.717) is 12.1 Å². The first-order chi connectivity index (χ1) is 17.1. The summed E-state index contributed by atoms with van der Waals surface area (Å²) >= 11 is 0. The summed E-state index contributed by atoms with van der Waals surface area (Å²) in [4.78, 5) is 28.3. The van der Waals surface area contributed by atoms with E-state index in [-0.39, 0.29) is 12.5 Å². The molecule has 0 spiro atoms. The minimum Gasteiger partial charge on any atom is -0.357 e. The Morgan fingerprint density at radius 3 is 1.97 bits per heavy atom. The van der Waals surface area contributed by atoms with Gasteiger partial charge < -0.3 is 10.2 Å². The predicted octanol–water partition coefficient (Wildman–Crippen LogP) is 3.46. The molecule has 0 heterocycles. The van der Waals surface area contributed by atoms with E-state index < -0.39 is 28.5 Å². The average Bonchev–Trinajstić information content (AvgIpc) is 2.86. The van der Waals surface area contributed by atoms with E-state index >= 15 is 0 Å². The molecule has 0 saturated heterocycles. The van der Waals surface area contributed by atoms with Gasteiger partial charge in [0.05, 0.1) is 11.9 Å². The SMILES string of the molecule is CNC(=O)C(Cc1ccccc1)N(Cc1ccccc1)C(=O)CN(c1ccc(C)c(C)c1)S(C)(=O)=O. The Kier molecular flexibility index (Phi) is 8.88. The van der Waals surface area contributed by atoms with Crippen molar-refractivity contribution in [1.29, 1.82) is 0 Å². The molecule has 0 aliphatic heterocycles. The lowest BCUT2D eigenvalue weighted by atomic mass is 10.0. The Morgan fingerprint density at radius 2 is 1.44 bits per heavy atom. The molecule has 3 aromatic rings. The van der Waals surface area contributed by atoms with Crippen LogP contribution in [-0.4, -0.2) is 51.0 Å². The summed E-state index contributed by atoms with van der Waals surface area (Å²) in [5, 5.41) is 2.67. The summed E-state index contributed by atoms with van der Waals surface area (Å²) in [6.45, 7) is 3.57. The Balaban J connectivity index is 2.01. The molecule has 0 aromatic heterocycles. The summed E-state index contributed by atoms with van der Waals surface area (Å²) in [7, 11) is -2.24. The molecule has 0 aliphatic carbocycles. The van der Waals surface area contributed by atoms with Crippen LogP contribution in [0.25, 0.3) is 0 Å². The molecule has 0 bridgehead atoms. The van der Waals surface area contributed by atoms with Crippen LogP contribution in [0.1, 0.15) is 22.3 Å². The second-order valence-electron chi connectivity index (χ2n) is 8.87. The van der Waals surface area contributed by atoms with Gasteiger partial charge >= 0.3 is 0 Å². The van der Waals surface area contributed by atoms with Crippen LogP contribution >= 0.6 is 0 Å². The lowest BCUT2D eigenvalue weighted by molar-refractivity contribution is -0.139. The highest BCUT2D eigenvalue weighted by molar-refractivity contribution is 7.92. The van der Waals surface area contributed by atoms with Gasteiger partial charge in [-0.05, 0) is 48.2 Å². The second kappa shape index (κ2) is 11.9. The summed E-state index contributed by atoms with van der Waals surface area (Å²) < 4.78 is 26.6. The van der Waals surface area contributed by atoms with Crippen molar-refractivity contribution in [2.24, 2.45) is 0 Å². The van der Waals surface area contributed by atoms with Gasteiger partial charge in [0.2, 0.25) is 21.8 Å². The monoisotopic (exact) mass is 507 g/mol. The van der Waals surface area contributed by atoms with E-state index in [0.717, 1.165) is 32.8 Å². The minimum absolute atomic E-state index is 0.162. The first-order valence-electron chi connectivity index (χ1n) is 11.7. The van der Waals surface area contributed by atoms with Crippen LogP contribution < -0.4 is 9.62 Å². The Morgan fingerprint density at radius 1 is 0.861 bits per heavy atom. The maximum atomic E-state index is 13.8. The molecule has 1 atom stereocenters. The smallest absolute Gasteiger partial charge is 0.244 e. The van der Waals surface area contributed by atoms with E-state index in [1.807, 2.05) is 80.6 Å². The Hall–Kier alpha value is -3.65. The predicted molar refractivity (Wildman–Crippen MR) is 143 cm³/mol. The molecular formula is C28H33N3O4S. The van der Waals surface area contributed by atoms with Crippen molar-refractivity contribution in [3.63, 3.8) is 0 Å². The third kappa shape index (κ3) is 6.95. The van der Waals surface area contributed by atoms with Crippen molar-refractivity contribution in [2.75, 3.05) is 24.2 Å². The molecule has 0 radical (unpaired) electrons. The van der Waals surface area contributed by atoms with Crippen molar-refractivity contribution < 1.29 is 18.0 Å². The van der Waals surface area contributed by atoms with Crippen molar-refractivity contribution in [2.45, 2.75) is 32.9 Å². The van der Waals surface area contributed by atoms with Gasteiger partial charge in [-0.3, -0.25) is 13.9 Å². The zero-order chi connectivity index (χ0) is 26.3. The molecule has 1 N–H and O–H groups in total. The standard InChI is InChI=1S/C28H33N3O4S/c1-21-15-16-25(17-22(21)2)31(36(4,34)35)20-27(32)30(19-24-13-9-6-10-14-24)26(28(33)29-3)18-23-11-7-5-8-12-23/h5-17,26H,18-20H2,1-4H3,(H,29,33). The summed E-state index contributed by atoms with van der Waals surface area (Å²) in [5.41, 5.74) is 4.08. The highest BCUT2D eigenvalue weighted by Crippen LogP contribution is 2.23. The van der Waals surface area contributed by atoms with Crippen LogP contribution in [0, 0.1) is 13.8 Å². The minimum atomic E-state index is -3.77. The number of nitrogens with zero attached hydrogens (tertiary/aromatic N) is 2. The number of amides is 2. The largest absolute Gasteiger partial charge is 0.357 e. The number of hydrogen-bond donors (Lipinski definition) is 1. The molecular weight excluding hydrogens is 474 g/mol. The normalized spacial score (nSPS) is 12.0. The number of nitrogens with one attached hydrogen (secondary N) is 1. The number of carbonyl (C=O) groups is 2. The van der Waals surface area contributed by atoms with Crippen molar-refractivity contribution >= 4 is 27.5 Å². The molecule has 3 aromatic carbocycles. The molecule has 7 nitrogen and oxygen atoms in total. The zero-order valence-electron chi connectivity index (χ0n) is 21.1. The molecule has 0 saturated carbocycles. The van der Waals surface area contributed by atoms with Gasteiger partial charge in [-0.25, -0.2) is 8.42 Å². The fourth-order valence-corrected chi connectivity index (χ4v) is 4.84. The van der Waals surface area contributed by atoms with E-state index in [9.17, 15) is 18.0 Å². The summed E-state index contributed by atoms with van der Waals surface area (Å²) in [6.07, 6.45) is 1.37. The Labute approximate surface area is 213 Å². The topological polar surface area (TPSA) is 86.8 Å². The highest BCUT2D eigenvalue weighted by atomic mass is 32.2. The number of benzene rings is 3. The maximum absolute atomic E-state index is 13.8. The number of anilines is 1. The van der Waals surface area contributed by atoms with E-state index in [4.69, 9.17) is 0 Å². The summed E-state index contributed by atoms with van der Waals surface area (Å²) in [6, 6.07) is 23.3. The quantitative estimate of drug-likeness (QED) is 0.455. The molecule has 3 rings (SSSR count). The lowest BCUT2D eigenvalue weighted by Crippen LogP contribution is -2.52. The fraction of sp³-hybridized carbons (Fsp3) is 0.286. The fourth-order valence-electron chi connectivity index (χ4n) is 4.00. The van der Waals surface area contributed by atoms with E-state index in [2.05, 4.69) is 5.32 Å². The number of aryl methyl sites for hydroxylation is 2. The van der Waals surface area contributed by atoms with Crippen molar-refractivity contribution in [3.05, 3.63) is 101 Å². The third-order valence-corrected chi connectivity index (χ3v) is 7.31. The lowest BCUT2D eigenvalue weighted by Gasteiger charge is -2.33. The Bertz CT molecular complexity index is 1290. The van der Waals surface area contributed by atoms with Gasteiger partial charge in [-0.15, -0.1) is 0 Å². The molecule has 2 amide bonds. The van der Waals surface area contributed by atoms with E-state index in [1.165, 1.54) is 11.9 Å². The van der Waals surface area contributed by atoms with Gasteiger partial charge in [-0.2, -0.15) is 0 Å². The molecule has 1 unspecified atom stereocenters. The zero-order valence-corrected chi connectivity index (χ0v) is 22.0. The number of likely N-dealkylation sites (N-methyl/N-ethyl adjacent to an activating group) is 1. The highest BCUT2D eigenvalue weighted by Gasteiger charge is 2.32. The first kappa shape index (κ1) is 26.9. The van der Waals surface area contributed by atoms with Gasteiger partial charge in [0.25, 0.3) is 0 Å². The van der Waals surface area contributed by atoms with Crippen LogP contribution in [0.15, 0.2) is 78.9 Å². The maximum Gasteiger partial charge on any atom is 0.244 e. The number of carbonyl (C=O) groups excluding carboxylic acids is 2.